The van der Waals surface area contributed by atoms with Gasteiger partial charge in [-0.25, -0.2) is 0 Å². The standard InChI is InChI=1S/6C16H16NO3.2CH2Cl2.4Fe/c6*1-20-15-9-5-8-13(16(15)19)10-17-14(11-18)12-6-3-2-4-7-12;2*2-1-3;;;;/h6*2-10,14,19H,11H2,1H3;2*1H2;;;;/q6*-1;;;4*+3/p-6/t6*14-;;;;;;/m000000....../s1. The van der Waals surface area contributed by atoms with E-state index in [1.807, 2.05) is 182 Å². The summed E-state index contributed by atoms with van der Waals surface area (Å²) in [6, 6.07) is 82.7. The van der Waals surface area contributed by atoms with Gasteiger partial charge in [0.1, 0.15) is 34.5 Å². The van der Waals surface area contributed by atoms with Crippen LogP contribution >= 0.6 is 46.4 Å². The first-order valence-electron chi connectivity index (χ1n) is 38.6. The molecule has 0 N–H and O–H groups in total. The van der Waals surface area contributed by atoms with E-state index in [9.17, 15) is 61.3 Å². The summed E-state index contributed by atoms with van der Waals surface area (Å²) in [6.07, 6.45) is 8.67. The van der Waals surface area contributed by atoms with Crippen LogP contribution in [0.5, 0.6) is 69.0 Å². The van der Waals surface area contributed by atoms with E-state index in [2.05, 4.69) is 30.0 Å². The number of benzene rings is 12. The summed E-state index contributed by atoms with van der Waals surface area (Å²) in [4.78, 5) is 25.4. The molecule has 0 heterocycles. The first-order valence-corrected chi connectivity index (χ1v) is 40.8. The van der Waals surface area contributed by atoms with Crippen LogP contribution in [0.25, 0.3) is 0 Å². The molecule has 24 nitrogen and oxygen atoms in total. The Bertz CT molecular complexity index is 4410. The largest absolute Gasteiger partial charge is 3.00 e. The number of ether oxygens (including phenoxy) is 6. The molecule has 12 aromatic rings. The fraction of sp³-hybridized carbons (Fsp3) is 0.204. The predicted molar refractivity (Wildman–Crippen MR) is 478 cm³/mol. The molecule has 0 saturated carbocycles. The maximum absolute atomic E-state index is 11.9. The Morgan fingerprint density at radius 3 is 0.423 bits per heavy atom. The summed E-state index contributed by atoms with van der Waals surface area (Å²) < 4.78 is 29.8. The maximum atomic E-state index is 11.9. The van der Waals surface area contributed by atoms with Crippen molar-refractivity contribution in [2.45, 2.75) is 36.3 Å². The molecule has 0 aromatic heterocycles. The average Bonchev–Trinajstić information content (AvgIpc) is 0.871. The second-order valence-corrected chi connectivity index (χ2v) is 27.3. The van der Waals surface area contributed by atoms with Gasteiger partial charge in [0.25, 0.3) is 0 Å². The fourth-order valence-corrected chi connectivity index (χ4v) is 11.2. The Hall–Kier alpha value is -10.7. The minimum Gasteiger partial charge on any atom is -0.870 e. The monoisotopic (exact) mass is 2010 g/mol. The van der Waals surface area contributed by atoms with E-state index >= 15 is 0 Å². The van der Waals surface area contributed by atoms with Crippen molar-refractivity contribution in [3.05, 3.63) is 358 Å². The van der Waals surface area contributed by atoms with Crippen molar-refractivity contribution in [2.75, 3.05) is 93.0 Å². The number of alkyl halides is 4. The van der Waals surface area contributed by atoms with Crippen molar-refractivity contribution in [2.24, 2.45) is 30.0 Å². The Balaban J connectivity index is 0.000000765. The molecule has 12 rings (SSSR count). The summed E-state index contributed by atoms with van der Waals surface area (Å²) in [5, 5.41) is 140. The van der Waals surface area contributed by atoms with Gasteiger partial charge in [-0.15, -0.1) is 86.0 Å². The SMILES string of the molecule is COc1cccc(C=N[C@@H](C[O-])c2ccccc2)c1[O-].COc1cccc(C=N[C@@H](C[O-])c2ccccc2)c1[O-].COc1cccc(C=N[C@@H](C[O-])c2ccccc2)c1[O-].COc1cccc(C=N[C@@H](C[O-])c2ccccc2)c1[O-].COc1cccc(C=N[C@@H](C[O-])c2ccccc2)c1[O-].COc1cccc(C=N[C@@H](C[O-])c2ccccc2)c1[O-].ClCCl.ClCCl.[Fe+3].[Fe+3].[Fe+3].[Fe+3]. The molecule has 0 aliphatic carbocycles. The number of aliphatic imine (C=N–C) groups is 6. The average molecular weight is 2010 g/mol. The summed E-state index contributed by atoms with van der Waals surface area (Å²) in [6.45, 7) is -2.17. The van der Waals surface area contributed by atoms with E-state index in [0.717, 1.165) is 33.4 Å². The smallest absolute Gasteiger partial charge is 0.870 e. The topological polar surface area (TPSA) is 406 Å². The molecule has 12 aromatic carbocycles. The third-order valence-corrected chi connectivity index (χ3v) is 17.8. The van der Waals surface area contributed by atoms with Crippen LogP contribution in [0.15, 0.2) is 321 Å². The van der Waals surface area contributed by atoms with Gasteiger partial charge < -0.3 is 89.7 Å². The molecule has 0 bridgehead atoms. The predicted octanol–water partition coefficient (Wildman–Crippen LogP) is 10.6. The van der Waals surface area contributed by atoms with Crippen LogP contribution in [0.4, 0.5) is 0 Å². The van der Waals surface area contributed by atoms with E-state index in [0.29, 0.717) is 33.4 Å². The first-order chi connectivity index (χ1) is 61.4. The molecule has 0 aliphatic heterocycles. The van der Waals surface area contributed by atoms with Crippen LogP contribution in [0.3, 0.4) is 0 Å². The van der Waals surface area contributed by atoms with E-state index < -0.39 is 36.3 Å². The first kappa shape index (κ1) is 117. The zero-order valence-corrected chi connectivity index (χ0v) is 78.7. The number of hydrogen-bond acceptors (Lipinski definition) is 24. The normalized spacial score (nSPS) is 11.8. The maximum Gasteiger partial charge on any atom is 3.00 e. The molecule has 4 radical (unpaired) electrons. The molecule has 0 amide bonds. The van der Waals surface area contributed by atoms with Crippen molar-refractivity contribution in [3.8, 4) is 69.0 Å². The molecule has 0 spiro atoms. The summed E-state index contributed by atoms with van der Waals surface area (Å²) >= 11 is 19.1. The van der Waals surface area contributed by atoms with Crippen molar-refractivity contribution >= 4 is 83.7 Å². The molecule has 0 saturated heterocycles. The van der Waals surface area contributed by atoms with Crippen molar-refractivity contribution in [1.29, 1.82) is 0 Å². The Kier molecular flexibility index (Phi) is 62.4. The molecule has 0 unspecified atom stereocenters. The van der Waals surface area contributed by atoms with Crippen LogP contribution in [-0.4, -0.2) is 130 Å². The summed E-state index contributed by atoms with van der Waals surface area (Å²) in [5.41, 5.74) is 7.54. The van der Waals surface area contributed by atoms with Crippen molar-refractivity contribution in [1.82, 2.24) is 0 Å². The Morgan fingerprint density at radius 2 is 0.323 bits per heavy atom. The van der Waals surface area contributed by atoms with Gasteiger partial charge in [0.2, 0.25) is 0 Å². The van der Waals surface area contributed by atoms with Crippen LogP contribution in [0.2, 0.25) is 0 Å². The number of methoxy groups -OCH3 is 6. The van der Waals surface area contributed by atoms with E-state index in [-0.39, 0.29) is 188 Å². The summed E-state index contributed by atoms with van der Waals surface area (Å²) in [7, 11) is 8.68. The van der Waals surface area contributed by atoms with Crippen LogP contribution < -0.4 is 89.7 Å². The molecule has 6 atom stereocenters. The van der Waals surface area contributed by atoms with Gasteiger partial charge in [0.05, 0.1) is 89.6 Å². The quantitative estimate of drug-likeness (QED) is 0.0229. The van der Waals surface area contributed by atoms with Crippen molar-refractivity contribution < 1.29 is 158 Å². The third kappa shape index (κ3) is 39.9. The molecule has 32 heteroatoms. The molecule has 0 aliphatic rings. The second-order valence-electron chi connectivity index (χ2n) is 25.7. The van der Waals surface area contributed by atoms with Crippen LogP contribution in [-0.2, 0) is 68.3 Å². The molecular weight excluding hydrogens is 1910 g/mol. The Morgan fingerprint density at radius 1 is 0.208 bits per heavy atom. The molecule has 0 fully saturated rings. The summed E-state index contributed by atoms with van der Waals surface area (Å²) in [5.74, 6) is 0.271. The molecule has 684 valence electrons. The van der Waals surface area contributed by atoms with E-state index in [4.69, 9.17) is 74.8 Å². The van der Waals surface area contributed by atoms with Gasteiger partial charge in [0, 0.05) is 37.3 Å². The zero-order valence-electron chi connectivity index (χ0n) is 71.3. The van der Waals surface area contributed by atoms with E-state index in [1.54, 1.807) is 109 Å². The molecule has 130 heavy (non-hydrogen) atoms. The Labute approximate surface area is 821 Å². The van der Waals surface area contributed by atoms with Gasteiger partial charge >= 0.3 is 68.3 Å². The second kappa shape index (κ2) is 69.2. The van der Waals surface area contributed by atoms with Gasteiger partial charge in [-0.3, -0.25) is 30.0 Å². The fourth-order valence-electron chi connectivity index (χ4n) is 11.2. The van der Waals surface area contributed by atoms with E-state index in [1.165, 1.54) is 79.9 Å². The van der Waals surface area contributed by atoms with Gasteiger partial charge in [0.15, 0.2) is 0 Å². The number of rotatable bonds is 30. The zero-order chi connectivity index (χ0) is 91.6. The van der Waals surface area contributed by atoms with Gasteiger partial charge in [-0.1, -0.05) is 289 Å². The number of nitrogens with zero attached hydrogens (tertiary/aromatic N) is 6. The number of para-hydroxylation sites is 6. The minimum atomic E-state index is -0.484. The molecular formula is C98H94Cl4Fe4N6O18. The van der Waals surface area contributed by atoms with Crippen LogP contribution in [0.1, 0.15) is 103 Å². The third-order valence-electron chi connectivity index (χ3n) is 17.8. The minimum absolute atomic E-state index is 0. The van der Waals surface area contributed by atoms with Gasteiger partial charge in [-0.2, -0.15) is 0 Å². The number of halogens is 4. The van der Waals surface area contributed by atoms with Gasteiger partial charge in [-0.05, 0) is 103 Å². The number of hydrogen-bond donors (Lipinski definition) is 0. The van der Waals surface area contributed by atoms with Crippen LogP contribution in [0, 0.1) is 0 Å². The van der Waals surface area contributed by atoms with Crippen molar-refractivity contribution in [3.63, 3.8) is 0 Å².